The van der Waals surface area contributed by atoms with Gasteiger partial charge in [0.15, 0.2) is 0 Å². The summed E-state index contributed by atoms with van der Waals surface area (Å²) in [4.78, 5) is 34.4. The van der Waals surface area contributed by atoms with E-state index in [1.165, 1.54) is 11.8 Å². The van der Waals surface area contributed by atoms with E-state index in [0.29, 0.717) is 13.0 Å². The maximum absolute atomic E-state index is 11.5. The average molecular weight is 339 g/mol. The van der Waals surface area contributed by atoms with Gasteiger partial charge >= 0.3 is 6.09 Å². The third-order valence-corrected chi connectivity index (χ3v) is 3.09. The number of piperidine rings is 2. The van der Waals surface area contributed by atoms with Gasteiger partial charge in [-0.15, -0.1) is 0 Å². The first-order valence-corrected chi connectivity index (χ1v) is 8.32. The molecule has 24 heavy (non-hydrogen) atoms. The quantitative estimate of drug-likeness (QED) is 0.731. The molecule has 2 fully saturated rings. The molecule has 0 aromatic rings. The first-order valence-electron chi connectivity index (χ1n) is 8.32. The van der Waals surface area contributed by atoms with Crippen molar-refractivity contribution in [1.29, 1.82) is 5.26 Å². The molecule has 0 aromatic carbocycles. The summed E-state index contributed by atoms with van der Waals surface area (Å²) in [6.07, 6.45) is 4.67. The molecule has 0 aromatic heterocycles. The third kappa shape index (κ3) is 10.6. The van der Waals surface area contributed by atoms with Crippen LogP contribution in [0.15, 0.2) is 0 Å². The number of hydrogen-bond donors (Lipinski definition) is 1. The van der Waals surface area contributed by atoms with Gasteiger partial charge in [0.05, 0.1) is 6.07 Å². The van der Waals surface area contributed by atoms with Crippen LogP contribution in [-0.4, -0.2) is 41.5 Å². The van der Waals surface area contributed by atoms with Crippen molar-refractivity contribution >= 4 is 17.9 Å². The fraction of sp³-hybridized carbons (Fsp3) is 0.765. The summed E-state index contributed by atoms with van der Waals surface area (Å²) in [5, 5.41) is 10.1. The van der Waals surface area contributed by atoms with Gasteiger partial charge in [-0.25, -0.2) is 9.69 Å². The van der Waals surface area contributed by atoms with Crippen molar-refractivity contribution in [2.24, 2.45) is 0 Å². The molecule has 2 saturated heterocycles. The standard InChI is InChI=1S/C10H17NO3.C5H9NO.C2H3N/c1-10(2,3)14-9(13)11-7-5-4-6-8(11)12;7-5-3-1-2-4-6-5;1-2-3/h4-7H2,1-3H3;1-4H2,(H,6,7);1H3. The SMILES string of the molecule is CC#N.CC(C)(C)OC(=O)N1CCCCC1=O.O=C1CCCCN1. The lowest BCUT2D eigenvalue weighted by Gasteiger charge is -2.28. The van der Waals surface area contributed by atoms with Gasteiger partial charge in [-0.2, -0.15) is 5.26 Å². The normalized spacial score (nSPS) is 17.2. The molecule has 0 aliphatic carbocycles. The van der Waals surface area contributed by atoms with Gasteiger partial charge in [0, 0.05) is 32.9 Å². The summed E-state index contributed by atoms with van der Waals surface area (Å²) in [6.45, 7) is 8.19. The molecule has 7 nitrogen and oxygen atoms in total. The average Bonchev–Trinajstić information content (AvgIpc) is 2.48. The van der Waals surface area contributed by atoms with Gasteiger partial charge in [0.2, 0.25) is 11.8 Å². The van der Waals surface area contributed by atoms with Gasteiger partial charge in [-0.05, 0) is 46.5 Å². The Morgan fingerprint density at radius 1 is 1.17 bits per heavy atom. The number of carbonyl (C=O) groups excluding carboxylic acids is 3. The molecule has 0 atom stereocenters. The van der Waals surface area contributed by atoms with Gasteiger partial charge < -0.3 is 10.1 Å². The molecule has 0 bridgehead atoms. The number of hydrogen-bond acceptors (Lipinski definition) is 5. The Balaban J connectivity index is 0.000000439. The molecule has 2 aliphatic rings. The lowest BCUT2D eigenvalue weighted by Crippen LogP contribution is -2.43. The smallest absolute Gasteiger partial charge is 0.417 e. The summed E-state index contributed by atoms with van der Waals surface area (Å²) in [7, 11) is 0. The number of ether oxygens (including phenoxy) is 1. The molecule has 2 rings (SSSR count). The molecule has 136 valence electrons. The van der Waals surface area contributed by atoms with Gasteiger partial charge in [0.1, 0.15) is 5.60 Å². The number of imide groups is 1. The monoisotopic (exact) mass is 339 g/mol. The number of likely N-dealkylation sites (tertiary alicyclic amines) is 1. The van der Waals surface area contributed by atoms with E-state index in [1.54, 1.807) is 26.8 Å². The second-order valence-corrected chi connectivity index (χ2v) is 6.51. The number of nitrogens with zero attached hydrogens (tertiary/aromatic N) is 2. The topological polar surface area (TPSA) is 99.5 Å². The Labute approximate surface area is 144 Å². The fourth-order valence-electron chi connectivity index (χ4n) is 2.04. The maximum atomic E-state index is 11.5. The molecular weight excluding hydrogens is 310 g/mol. The zero-order chi connectivity index (χ0) is 18.6. The van der Waals surface area contributed by atoms with Crippen molar-refractivity contribution in [3.8, 4) is 6.07 Å². The molecular formula is C17H29N3O4. The van der Waals surface area contributed by atoms with Crippen LogP contribution in [0.25, 0.3) is 0 Å². The predicted molar refractivity (Wildman–Crippen MR) is 89.9 cm³/mol. The van der Waals surface area contributed by atoms with Crippen LogP contribution in [0, 0.1) is 11.3 Å². The van der Waals surface area contributed by atoms with Gasteiger partial charge in [0.25, 0.3) is 0 Å². The highest BCUT2D eigenvalue weighted by Crippen LogP contribution is 2.15. The van der Waals surface area contributed by atoms with Crippen LogP contribution in [-0.2, 0) is 14.3 Å². The molecule has 3 amide bonds. The minimum atomic E-state index is -0.533. The first-order chi connectivity index (χ1) is 11.2. The molecule has 0 radical (unpaired) electrons. The van der Waals surface area contributed by atoms with Crippen molar-refractivity contribution in [3.05, 3.63) is 0 Å². The predicted octanol–water partition coefficient (Wildman–Crippen LogP) is 2.75. The van der Waals surface area contributed by atoms with Crippen LogP contribution in [0.2, 0.25) is 0 Å². The van der Waals surface area contributed by atoms with Crippen molar-refractivity contribution in [3.63, 3.8) is 0 Å². The van der Waals surface area contributed by atoms with E-state index in [1.807, 2.05) is 0 Å². The molecule has 1 N–H and O–H groups in total. The highest BCUT2D eigenvalue weighted by Gasteiger charge is 2.28. The largest absolute Gasteiger partial charge is 0.443 e. The minimum absolute atomic E-state index is 0.120. The maximum Gasteiger partial charge on any atom is 0.417 e. The van der Waals surface area contributed by atoms with Crippen LogP contribution in [0.1, 0.15) is 66.2 Å². The summed E-state index contributed by atoms with van der Waals surface area (Å²) in [6, 6.07) is 1.75. The van der Waals surface area contributed by atoms with E-state index >= 15 is 0 Å². The van der Waals surface area contributed by atoms with Gasteiger partial charge in [-0.1, -0.05) is 0 Å². The zero-order valence-corrected chi connectivity index (χ0v) is 15.2. The Bertz CT molecular complexity index is 455. The van der Waals surface area contributed by atoms with E-state index in [9.17, 15) is 14.4 Å². The fourth-order valence-corrected chi connectivity index (χ4v) is 2.04. The second kappa shape index (κ2) is 11.4. The Hall–Kier alpha value is -2.10. The molecule has 0 unspecified atom stereocenters. The lowest BCUT2D eigenvalue weighted by molar-refractivity contribution is -0.132. The molecule has 2 aliphatic heterocycles. The number of nitriles is 1. The van der Waals surface area contributed by atoms with Crippen LogP contribution < -0.4 is 5.32 Å². The molecule has 7 heteroatoms. The van der Waals surface area contributed by atoms with E-state index in [2.05, 4.69) is 5.32 Å². The first kappa shape index (κ1) is 21.9. The van der Waals surface area contributed by atoms with Crippen molar-refractivity contribution in [2.45, 2.75) is 71.8 Å². The van der Waals surface area contributed by atoms with E-state index in [4.69, 9.17) is 10.00 Å². The van der Waals surface area contributed by atoms with Crippen LogP contribution in [0.3, 0.4) is 0 Å². The number of amides is 3. The number of rotatable bonds is 0. The van der Waals surface area contributed by atoms with Gasteiger partial charge in [-0.3, -0.25) is 9.59 Å². The second-order valence-electron chi connectivity index (χ2n) is 6.51. The molecule has 0 spiro atoms. The Morgan fingerprint density at radius 3 is 2.12 bits per heavy atom. The lowest BCUT2D eigenvalue weighted by atomic mass is 10.1. The minimum Gasteiger partial charge on any atom is -0.443 e. The highest BCUT2D eigenvalue weighted by molar-refractivity contribution is 5.92. The third-order valence-electron chi connectivity index (χ3n) is 3.09. The van der Waals surface area contributed by atoms with Crippen molar-refractivity contribution in [2.75, 3.05) is 13.1 Å². The summed E-state index contributed by atoms with van der Waals surface area (Å²) >= 11 is 0. The summed E-state index contributed by atoms with van der Waals surface area (Å²) in [5.41, 5.74) is -0.533. The zero-order valence-electron chi connectivity index (χ0n) is 15.2. The van der Waals surface area contributed by atoms with E-state index in [0.717, 1.165) is 38.6 Å². The number of carbonyl (C=O) groups is 3. The summed E-state index contributed by atoms with van der Waals surface area (Å²) in [5.74, 6) is 0.0942. The van der Waals surface area contributed by atoms with Crippen LogP contribution in [0.5, 0.6) is 0 Å². The molecule has 0 saturated carbocycles. The summed E-state index contributed by atoms with van der Waals surface area (Å²) < 4.78 is 5.11. The van der Waals surface area contributed by atoms with E-state index in [-0.39, 0.29) is 11.8 Å². The van der Waals surface area contributed by atoms with Crippen LogP contribution >= 0.6 is 0 Å². The van der Waals surface area contributed by atoms with Crippen molar-refractivity contribution < 1.29 is 19.1 Å². The van der Waals surface area contributed by atoms with Crippen LogP contribution in [0.4, 0.5) is 4.79 Å². The molecule has 2 heterocycles. The number of nitrogens with one attached hydrogen (secondary N) is 1. The Kier molecular flexibility index (Phi) is 10.4. The Morgan fingerprint density at radius 2 is 1.75 bits per heavy atom. The highest BCUT2D eigenvalue weighted by atomic mass is 16.6. The van der Waals surface area contributed by atoms with E-state index < -0.39 is 11.7 Å². The van der Waals surface area contributed by atoms with Crippen molar-refractivity contribution in [1.82, 2.24) is 10.2 Å².